The topological polar surface area (TPSA) is 68.6 Å². The van der Waals surface area contributed by atoms with Gasteiger partial charge in [-0.2, -0.15) is 0 Å². The summed E-state index contributed by atoms with van der Waals surface area (Å²) in [5.74, 6) is 0.907. The van der Waals surface area contributed by atoms with Gasteiger partial charge in [0.1, 0.15) is 11.4 Å². The molecule has 0 bridgehead atoms. The zero-order valence-corrected chi connectivity index (χ0v) is 14.5. The summed E-state index contributed by atoms with van der Waals surface area (Å²) in [4.78, 5) is 18.8. The molecule has 0 saturated carbocycles. The number of ether oxygens (including phenoxy) is 2. The largest absolute Gasteiger partial charge is 0.495 e. The lowest BCUT2D eigenvalue weighted by Crippen LogP contribution is -2.46. The molecular weight excluding hydrogens is 320 g/mol. The Balaban J connectivity index is 1.35. The minimum atomic E-state index is 0.156. The number of amides is 1. The average Bonchev–Trinajstić information content (AvgIpc) is 2.96. The SMILES string of the molecule is COc1cnc2c(c1)cc1n2CCN(C(=O)CCOCC2CCN2)C1. The van der Waals surface area contributed by atoms with Gasteiger partial charge in [-0.1, -0.05) is 0 Å². The Labute approximate surface area is 146 Å². The van der Waals surface area contributed by atoms with Gasteiger partial charge in [-0.15, -0.1) is 0 Å². The standard InChI is InChI=1S/C18H24N4O3/c1-24-16-9-13-8-15-11-21(5-6-22(15)18(13)20-10-16)17(23)3-7-25-12-14-2-4-19-14/h8-10,14,19H,2-7,11-12H2,1H3. The van der Waals surface area contributed by atoms with Crippen molar-refractivity contribution < 1.29 is 14.3 Å². The van der Waals surface area contributed by atoms with E-state index in [0.717, 1.165) is 35.6 Å². The van der Waals surface area contributed by atoms with Gasteiger partial charge in [0.05, 0.1) is 39.5 Å². The quantitative estimate of drug-likeness (QED) is 0.797. The first-order chi connectivity index (χ1) is 12.2. The Morgan fingerprint density at radius 1 is 1.40 bits per heavy atom. The number of methoxy groups -OCH3 is 1. The summed E-state index contributed by atoms with van der Waals surface area (Å²) in [6.07, 6.45) is 3.35. The number of nitrogens with one attached hydrogen (secondary N) is 1. The molecule has 4 rings (SSSR count). The van der Waals surface area contributed by atoms with E-state index in [1.54, 1.807) is 13.3 Å². The molecule has 134 valence electrons. The number of rotatable bonds is 6. The average molecular weight is 344 g/mol. The van der Waals surface area contributed by atoms with Gasteiger partial charge in [0.15, 0.2) is 0 Å². The fourth-order valence-corrected chi connectivity index (χ4v) is 3.41. The zero-order valence-electron chi connectivity index (χ0n) is 14.5. The molecule has 1 amide bonds. The number of hydrogen-bond donors (Lipinski definition) is 1. The molecule has 1 N–H and O–H groups in total. The van der Waals surface area contributed by atoms with Crippen molar-refractivity contribution in [2.24, 2.45) is 0 Å². The first kappa shape index (κ1) is 16.4. The van der Waals surface area contributed by atoms with Crippen LogP contribution in [0.1, 0.15) is 18.5 Å². The van der Waals surface area contributed by atoms with Crippen LogP contribution in [0.2, 0.25) is 0 Å². The van der Waals surface area contributed by atoms with Crippen molar-refractivity contribution in [3.63, 3.8) is 0 Å². The third kappa shape index (κ3) is 3.34. The first-order valence-corrected chi connectivity index (χ1v) is 8.85. The second kappa shape index (κ2) is 7.01. The molecule has 2 aromatic rings. The number of aromatic nitrogens is 2. The van der Waals surface area contributed by atoms with E-state index in [0.29, 0.717) is 38.8 Å². The maximum absolute atomic E-state index is 12.4. The number of hydrogen-bond acceptors (Lipinski definition) is 5. The Bertz CT molecular complexity index is 769. The lowest BCUT2D eigenvalue weighted by atomic mass is 10.1. The van der Waals surface area contributed by atoms with Crippen molar-refractivity contribution in [3.05, 3.63) is 24.0 Å². The predicted molar refractivity (Wildman–Crippen MR) is 93.5 cm³/mol. The minimum absolute atomic E-state index is 0.156. The van der Waals surface area contributed by atoms with Gasteiger partial charge >= 0.3 is 0 Å². The summed E-state index contributed by atoms with van der Waals surface area (Å²) < 4.78 is 13.0. The molecule has 25 heavy (non-hydrogen) atoms. The molecule has 0 aromatic carbocycles. The number of carbonyl (C=O) groups is 1. The zero-order chi connectivity index (χ0) is 17.2. The Kier molecular flexibility index (Phi) is 4.59. The van der Waals surface area contributed by atoms with E-state index < -0.39 is 0 Å². The maximum atomic E-state index is 12.4. The second-order valence-corrected chi connectivity index (χ2v) is 6.66. The summed E-state index contributed by atoms with van der Waals surface area (Å²) >= 11 is 0. The van der Waals surface area contributed by atoms with Gasteiger partial charge in [0.25, 0.3) is 0 Å². The first-order valence-electron chi connectivity index (χ1n) is 8.85. The fraction of sp³-hybridized carbons (Fsp3) is 0.556. The van der Waals surface area contributed by atoms with Crippen LogP contribution in [0.25, 0.3) is 11.0 Å². The molecule has 7 nitrogen and oxygen atoms in total. The molecule has 1 atom stereocenters. The third-order valence-corrected chi connectivity index (χ3v) is 5.03. The van der Waals surface area contributed by atoms with E-state index in [9.17, 15) is 4.79 Å². The van der Waals surface area contributed by atoms with E-state index >= 15 is 0 Å². The van der Waals surface area contributed by atoms with Crippen molar-refractivity contribution in [3.8, 4) is 5.75 Å². The summed E-state index contributed by atoms with van der Waals surface area (Å²) in [6, 6.07) is 4.57. The van der Waals surface area contributed by atoms with Crippen molar-refractivity contribution in [1.29, 1.82) is 0 Å². The van der Waals surface area contributed by atoms with Crippen molar-refractivity contribution in [2.45, 2.75) is 32.0 Å². The highest BCUT2D eigenvalue weighted by atomic mass is 16.5. The highest BCUT2D eigenvalue weighted by Gasteiger charge is 2.23. The third-order valence-electron chi connectivity index (χ3n) is 5.03. The minimum Gasteiger partial charge on any atom is -0.495 e. The molecule has 2 aliphatic rings. The van der Waals surface area contributed by atoms with Gasteiger partial charge < -0.3 is 24.3 Å². The lowest BCUT2D eigenvalue weighted by Gasteiger charge is -2.29. The Morgan fingerprint density at radius 2 is 2.28 bits per heavy atom. The fourth-order valence-electron chi connectivity index (χ4n) is 3.41. The van der Waals surface area contributed by atoms with Crippen molar-refractivity contribution >= 4 is 16.9 Å². The number of pyridine rings is 1. The van der Waals surface area contributed by atoms with Crippen LogP contribution in [-0.4, -0.2) is 59.8 Å². The highest BCUT2D eigenvalue weighted by molar-refractivity contribution is 5.80. The molecule has 0 spiro atoms. The maximum Gasteiger partial charge on any atom is 0.225 e. The number of fused-ring (bicyclic) bond motifs is 3. The van der Waals surface area contributed by atoms with Gasteiger partial charge in [0.2, 0.25) is 5.91 Å². The van der Waals surface area contributed by atoms with Crippen LogP contribution in [0.4, 0.5) is 0 Å². The summed E-state index contributed by atoms with van der Waals surface area (Å²) in [7, 11) is 1.64. The predicted octanol–water partition coefficient (Wildman–Crippen LogP) is 1.16. The van der Waals surface area contributed by atoms with E-state index in [4.69, 9.17) is 9.47 Å². The molecule has 0 radical (unpaired) electrons. The molecule has 1 saturated heterocycles. The molecule has 7 heteroatoms. The normalized spacial score (nSPS) is 19.6. The van der Waals surface area contributed by atoms with Gasteiger partial charge in [-0.3, -0.25) is 4.79 Å². The molecular formula is C18H24N4O3. The van der Waals surface area contributed by atoms with Gasteiger partial charge in [-0.25, -0.2) is 4.98 Å². The summed E-state index contributed by atoms with van der Waals surface area (Å²) in [5.41, 5.74) is 2.08. The molecule has 2 aromatic heterocycles. The smallest absolute Gasteiger partial charge is 0.225 e. The van der Waals surface area contributed by atoms with Crippen LogP contribution >= 0.6 is 0 Å². The lowest BCUT2D eigenvalue weighted by molar-refractivity contribution is -0.133. The van der Waals surface area contributed by atoms with E-state index in [-0.39, 0.29) is 5.91 Å². The molecule has 0 aliphatic carbocycles. The number of carbonyl (C=O) groups excluding carboxylic acids is 1. The Morgan fingerprint density at radius 3 is 3.04 bits per heavy atom. The van der Waals surface area contributed by atoms with E-state index in [2.05, 4.69) is 20.9 Å². The van der Waals surface area contributed by atoms with E-state index in [1.165, 1.54) is 6.42 Å². The van der Waals surface area contributed by atoms with Crippen LogP contribution in [0.3, 0.4) is 0 Å². The van der Waals surface area contributed by atoms with Crippen LogP contribution in [0.5, 0.6) is 5.75 Å². The van der Waals surface area contributed by atoms with Crippen LogP contribution < -0.4 is 10.1 Å². The van der Waals surface area contributed by atoms with Gasteiger partial charge in [-0.05, 0) is 25.1 Å². The molecule has 2 aliphatic heterocycles. The van der Waals surface area contributed by atoms with Gasteiger partial charge in [0, 0.05) is 30.2 Å². The van der Waals surface area contributed by atoms with E-state index in [1.807, 2.05) is 11.0 Å². The summed E-state index contributed by atoms with van der Waals surface area (Å²) in [5, 5.41) is 4.35. The van der Waals surface area contributed by atoms with Crippen molar-refractivity contribution in [1.82, 2.24) is 19.8 Å². The molecule has 1 unspecified atom stereocenters. The summed E-state index contributed by atoms with van der Waals surface area (Å²) in [6.45, 7) is 4.39. The highest BCUT2D eigenvalue weighted by Crippen LogP contribution is 2.25. The van der Waals surface area contributed by atoms with Crippen LogP contribution in [-0.2, 0) is 22.6 Å². The molecule has 4 heterocycles. The van der Waals surface area contributed by atoms with Crippen molar-refractivity contribution in [2.75, 3.05) is 33.4 Å². The second-order valence-electron chi connectivity index (χ2n) is 6.66. The molecule has 1 fully saturated rings. The number of nitrogens with zero attached hydrogens (tertiary/aromatic N) is 3. The van der Waals surface area contributed by atoms with Crippen LogP contribution in [0, 0.1) is 0 Å². The van der Waals surface area contributed by atoms with Crippen LogP contribution in [0.15, 0.2) is 18.3 Å². The monoisotopic (exact) mass is 344 g/mol. The Hall–Kier alpha value is -2.12.